The molecule has 0 saturated carbocycles. The fourth-order valence-corrected chi connectivity index (χ4v) is 3.14. The molecule has 0 aliphatic carbocycles. The lowest BCUT2D eigenvalue weighted by Crippen LogP contribution is -2.04. The molecule has 0 atom stereocenters. The molecule has 0 N–H and O–H groups in total. The molecule has 1 aromatic heterocycles. The second-order valence-electron chi connectivity index (χ2n) is 5.60. The van der Waals surface area contributed by atoms with Gasteiger partial charge in [0.2, 0.25) is 0 Å². The maximum atomic E-state index is 12.6. The number of hydrogen-bond donors (Lipinski definition) is 0. The molecule has 1 heterocycles. The van der Waals surface area contributed by atoms with Crippen molar-refractivity contribution in [2.75, 3.05) is 0 Å². The van der Waals surface area contributed by atoms with Crippen LogP contribution in [0.5, 0.6) is 5.75 Å². The Hall–Kier alpha value is -3.27. The number of alkyl halides is 3. The fraction of sp³-hybridized carbons (Fsp3) is 0.111. The molecule has 6 nitrogen and oxygen atoms in total. The second kappa shape index (κ2) is 7.77. The lowest BCUT2D eigenvalue weighted by Gasteiger charge is -2.07. The normalized spacial score (nSPS) is 11.2. The Kier molecular flexibility index (Phi) is 5.41. The number of nitrogens with zero attached hydrogens (tertiary/aromatic N) is 2. The van der Waals surface area contributed by atoms with E-state index in [1.165, 1.54) is 35.6 Å². The third-order valence-corrected chi connectivity index (χ3v) is 4.66. The molecule has 10 heteroatoms. The maximum Gasteiger partial charge on any atom is 0.416 e. The van der Waals surface area contributed by atoms with Crippen molar-refractivity contribution in [3.63, 3.8) is 0 Å². The molecule has 144 valence electrons. The van der Waals surface area contributed by atoms with Crippen molar-refractivity contribution in [1.29, 1.82) is 0 Å². The third-order valence-electron chi connectivity index (χ3n) is 3.72. The minimum atomic E-state index is -4.40. The van der Waals surface area contributed by atoms with E-state index in [0.717, 1.165) is 18.2 Å². The summed E-state index contributed by atoms with van der Waals surface area (Å²) in [5.74, 6) is 0.171. The topological polar surface area (TPSA) is 82.3 Å². The number of nitro groups is 1. The number of benzene rings is 2. The number of nitro benzene ring substituents is 1. The van der Waals surface area contributed by atoms with E-state index in [1.807, 2.05) is 0 Å². The standard InChI is InChI=1S/C18H11F3N2O4S/c19-18(20,21)13-3-1-11(2-4-13)17-22-14(10-28-17)9-27-16-6-5-15(23(25)26)7-12(16)8-24/h1-8,10H,9H2. The monoisotopic (exact) mass is 408 g/mol. The van der Waals surface area contributed by atoms with Crippen LogP contribution in [0.4, 0.5) is 18.9 Å². The van der Waals surface area contributed by atoms with Crippen LogP contribution in [-0.2, 0) is 12.8 Å². The molecule has 0 unspecified atom stereocenters. The van der Waals surface area contributed by atoms with Gasteiger partial charge in [0.05, 0.1) is 21.7 Å². The van der Waals surface area contributed by atoms with Crippen LogP contribution in [0.25, 0.3) is 10.6 Å². The molecule has 2 aromatic carbocycles. The number of aldehydes is 1. The van der Waals surface area contributed by atoms with Crippen molar-refractivity contribution in [1.82, 2.24) is 4.98 Å². The molecule has 3 rings (SSSR count). The molecule has 0 radical (unpaired) electrons. The van der Waals surface area contributed by atoms with E-state index in [2.05, 4.69) is 4.98 Å². The average Bonchev–Trinajstić information content (AvgIpc) is 3.14. The van der Waals surface area contributed by atoms with Crippen molar-refractivity contribution in [2.45, 2.75) is 12.8 Å². The molecule has 0 aliphatic heterocycles. The van der Waals surface area contributed by atoms with Crippen LogP contribution in [0.15, 0.2) is 47.8 Å². The summed E-state index contributed by atoms with van der Waals surface area (Å²) < 4.78 is 43.4. The van der Waals surface area contributed by atoms with E-state index in [9.17, 15) is 28.1 Å². The summed E-state index contributed by atoms with van der Waals surface area (Å²) in [6.45, 7) is -0.00418. The van der Waals surface area contributed by atoms with Crippen LogP contribution in [-0.4, -0.2) is 16.2 Å². The first-order chi connectivity index (χ1) is 13.3. The van der Waals surface area contributed by atoms with Gasteiger partial charge in [-0.05, 0) is 18.2 Å². The van der Waals surface area contributed by atoms with Crippen molar-refractivity contribution in [2.24, 2.45) is 0 Å². The zero-order valence-corrected chi connectivity index (χ0v) is 14.8. The van der Waals surface area contributed by atoms with Crippen molar-refractivity contribution >= 4 is 23.3 Å². The molecule has 0 aliphatic rings. The van der Waals surface area contributed by atoms with Gasteiger partial charge < -0.3 is 4.74 Å². The lowest BCUT2D eigenvalue weighted by molar-refractivity contribution is -0.384. The minimum Gasteiger partial charge on any atom is -0.487 e. The maximum absolute atomic E-state index is 12.6. The van der Waals surface area contributed by atoms with Crippen LogP contribution in [0.3, 0.4) is 0 Å². The van der Waals surface area contributed by atoms with Gasteiger partial charge in [-0.3, -0.25) is 14.9 Å². The zero-order chi connectivity index (χ0) is 20.3. The zero-order valence-electron chi connectivity index (χ0n) is 14.0. The average molecular weight is 408 g/mol. The van der Waals surface area contributed by atoms with Crippen LogP contribution in [0, 0.1) is 10.1 Å². The third kappa shape index (κ3) is 4.34. The van der Waals surface area contributed by atoms with Gasteiger partial charge in [0.25, 0.3) is 5.69 Å². The molecule has 28 heavy (non-hydrogen) atoms. The van der Waals surface area contributed by atoms with Gasteiger partial charge in [-0.15, -0.1) is 11.3 Å². The van der Waals surface area contributed by atoms with Crippen molar-refractivity contribution < 1.29 is 27.6 Å². The molecule has 0 spiro atoms. The number of carbonyl (C=O) groups excluding carboxylic acids is 1. The molecular weight excluding hydrogens is 397 g/mol. The van der Waals surface area contributed by atoms with Gasteiger partial charge in [-0.2, -0.15) is 13.2 Å². The number of halogens is 3. The van der Waals surface area contributed by atoms with Gasteiger partial charge in [0, 0.05) is 23.1 Å². The highest BCUT2D eigenvalue weighted by Crippen LogP contribution is 2.32. The summed E-state index contributed by atoms with van der Waals surface area (Å²) >= 11 is 1.24. The predicted octanol–water partition coefficient (Wildman–Crippen LogP) is 5.13. The summed E-state index contributed by atoms with van der Waals surface area (Å²) in [5.41, 5.74) is 0.110. The highest BCUT2D eigenvalue weighted by atomic mass is 32.1. The van der Waals surface area contributed by atoms with Gasteiger partial charge >= 0.3 is 6.18 Å². The van der Waals surface area contributed by atoms with E-state index >= 15 is 0 Å². The smallest absolute Gasteiger partial charge is 0.416 e. The quantitative estimate of drug-likeness (QED) is 0.321. The fourth-order valence-electron chi connectivity index (χ4n) is 2.33. The molecular formula is C18H11F3N2O4S. The summed E-state index contributed by atoms with van der Waals surface area (Å²) in [5, 5.41) is 13.0. The highest BCUT2D eigenvalue weighted by molar-refractivity contribution is 7.13. The summed E-state index contributed by atoms with van der Waals surface area (Å²) in [6, 6.07) is 8.31. The summed E-state index contributed by atoms with van der Waals surface area (Å²) in [7, 11) is 0. The van der Waals surface area contributed by atoms with Gasteiger partial charge in [-0.1, -0.05) is 12.1 Å². The number of non-ortho nitro benzene ring substituents is 1. The van der Waals surface area contributed by atoms with Crippen LogP contribution >= 0.6 is 11.3 Å². The minimum absolute atomic E-state index is 0.00418. The van der Waals surface area contributed by atoms with E-state index < -0.39 is 16.7 Å². The van der Waals surface area contributed by atoms with Crippen LogP contribution in [0.1, 0.15) is 21.6 Å². The van der Waals surface area contributed by atoms with E-state index in [-0.39, 0.29) is 23.6 Å². The van der Waals surface area contributed by atoms with Gasteiger partial charge in [-0.25, -0.2) is 4.98 Å². The first-order valence-corrected chi connectivity index (χ1v) is 8.64. The van der Waals surface area contributed by atoms with E-state index in [4.69, 9.17) is 4.74 Å². The molecule has 0 bridgehead atoms. The Morgan fingerprint density at radius 2 is 1.89 bits per heavy atom. The number of thiazole rings is 1. The number of rotatable bonds is 6. The highest BCUT2D eigenvalue weighted by Gasteiger charge is 2.30. The van der Waals surface area contributed by atoms with Gasteiger partial charge in [0.1, 0.15) is 17.4 Å². The van der Waals surface area contributed by atoms with Gasteiger partial charge in [0.15, 0.2) is 6.29 Å². The molecule has 3 aromatic rings. The molecule has 0 amide bonds. The van der Waals surface area contributed by atoms with E-state index in [1.54, 1.807) is 5.38 Å². The Labute approximate surface area is 160 Å². The van der Waals surface area contributed by atoms with Crippen molar-refractivity contribution in [3.8, 4) is 16.3 Å². The first kappa shape index (κ1) is 19.5. The van der Waals surface area contributed by atoms with Crippen LogP contribution < -0.4 is 4.74 Å². The second-order valence-corrected chi connectivity index (χ2v) is 6.46. The molecule has 0 fully saturated rings. The Balaban J connectivity index is 1.72. The number of carbonyl (C=O) groups is 1. The summed E-state index contributed by atoms with van der Waals surface area (Å²) in [4.78, 5) is 25.5. The Morgan fingerprint density at radius 1 is 1.18 bits per heavy atom. The first-order valence-electron chi connectivity index (χ1n) is 7.76. The Morgan fingerprint density at radius 3 is 2.50 bits per heavy atom. The van der Waals surface area contributed by atoms with Crippen molar-refractivity contribution in [3.05, 3.63) is 74.8 Å². The largest absolute Gasteiger partial charge is 0.487 e. The number of hydrogen-bond acceptors (Lipinski definition) is 6. The predicted molar refractivity (Wildman–Crippen MR) is 95.4 cm³/mol. The lowest BCUT2D eigenvalue weighted by atomic mass is 10.1. The number of aromatic nitrogens is 1. The van der Waals surface area contributed by atoms with E-state index in [0.29, 0.717) is 22.6 Å². The van der Waals surface area contributed by atoms with Crippen LogP contribution in [0.2, 0.25) is 0 Å². The SMILES string of the molecule is O=Cc1cc([N+](=O)[O-])ccc1OCc1csc(-c2ccc(C(F)(F)F)cc2)n1. The summed E-state index contributed by atoms with van der Waals surface area (Å²) in [6.07, 6.45) is -3.95. The molecule has 0 saturated heterocycles. The number of ether oxygens (including phenoxy) is 1. The Bertz CT molecular complexity index is 1020.